The molecule has 47 heavy (non-hydrogen) atoms. The number of hydrogen-bond acceptors (Lipinski definition) is 8. The van der Waals surface area contributed by atoms with Gasteiger partial charge in [0.05, 0.1) is 40.7 Å². The van der Waals surface area contributed by atoms with Crippen LogP contribution in [0.25, 0.3) is 34.2 Å². The number of nitrogens with one attached hydrogen (secondary N) is 1. The summed E-state index contributed by atoms with van der Waals surface area (Å²) in [4.78, 5) is 50.4. The van der Waals surface area contributed by atoms with Crippen LogP contribution in [0.15, 0.2) is 156 Å². The Morgan fingerprint density at radius 1 is 0.532 bits per heavy atom. The van der Waals surface area contributed by atoms with Crippen molar-refractivity contribution in [1.29, 1.82) is 0 Å². The van der Waals surface area contributed by atoms with Gasteiger partial charge >= 0.3 is 5.69 Å². The van der Waals surface area contributed by atoms with Gasteiger partial charge in [0.15, 0.2) is 0 Å². The molecule has 10 nitrogen and oxygen atoms in total. The summed E-state index contributed by atoms with van der Waals surface area (Å²) < 4.78 is 1.43. The first-order valence-electron chi connectivity index (χ1n) is 14.4. The predicted molar refractivity (Wildman–Crippen MR) is 178 cm³/mol. The van der Waals surface area contributed by atoms with Crippen LogP contribution in [0.5, 0.6) is 0 Å². The molecule has 0 fully saturated rings. The second kappa shape index (κ2) is 17.6. The Labute approximate surface area is 284 Å². The van der Waals surface area contributed by atoms with Crippen LogP contribution in [-0.2, 0) is 26.0 Å². The zero-order chi connectivity index (χ0) is 32.0. The van der Waals surface area contributed by atoms with Gasteiger partial charge in [-0.3, -0.25) is 44.2 Å². The van der Waals surface area contributed by atoms with Crippen molar-refractivity contribution in [3.63, 3.8) is 0 Å². The van der Waals surface area contributed by atoms with Gasteiger partial charge in [0.25, 0.3) is 5.56 Å². The van der Waals surface area contributed by atoms with Crippen LogP contribution in [-0.4, -0.2) is 39.5 Å². The molecule has 7 rings (SSSR count). The molecule has 0 atom stereocenters. The standard InChI is InChI=1S/C16H14N4O2.2C10H8N2.Ru/c1-11-2-5-17-13(8-11)14-9-12(3-6-18-14)10-20-7-4-15(21)19-16(20)22;2*1-3-7-11-9(5-1)10-6-2-4-8-12-10;/h2-9H,10H2,1H3,(H,19,21,22);2*1-8H;. The second-order valence-corrected chi connectivity index (χ2v) is 9.87. The molecule has 0 radical (unpaired) electrons. The normalized spacial score (nSPS) is 9.89. The van der Waals surface area contributed by atoms with Crippen molar-refractivity contribution in [3.05, 3.63) is 178 Å². The minimum atomic E-state index is -0.431. The van der Waals surface area contributed by atoms with E-state index in [1.807, 2.05) is 104 Å². The van der Waals surface area contributed by atoms with Gasteiger partial charge in [-0.15, -0.1) is 0 Å². The minimum absolute atomic E-state index is 0. The Morgan fingerprint density at radius 2 is 0.979 bits per heavy atom. The molecule has 0 unspecified atom stereocenters. The summed E-state index contributed by atoms with van der Waals surface area (Å²) in [6.45, 7) is 2.35. The third kappa shape index (κ3) is 10.4. The number of aromatic amines is 1. The third-order valence-corrected chi connectivity index (χ3v) is 6.44. The van der Waals surface area contributed by atoms with E-state index in [1.165, 1.54) is 16.8 Å². The fourth-order valence-electron chi connectivity index (χ4n) is 4.21. The van der Waals surface area contributed by atoms with E-state index in [-0.39, 0.29) is 19.5 Å². The monoisotopic (exact) mass is 708 g/mol. The largest absolute Gasteiger partial charge is 0.328 e. The van der Waals surface area contributed by atoms with E-state index >= 15 is 0 Å². The van der Waals surface area contributed by atoms with E-state index in [0.717, 1.165) is 45.3 Å². The van der Waals surface area contributed by atoms with E-state index in [2.05, 4.69) is 34.9 Å². The molecule has 0 spiro atoms. The topological polar surface area (TPSA) is 132 Å². The van der Waals surface area contributed by atoms with Crippen molar-refractivity contribution in [2.24, 2.45) is 0 Å². The molecule has 11 heteroatoms. The summed E-state index contributed by atoms with van der Waals surface area (Å²) in [7, 11) is 0. The van der Waals surface area contributed by atoms with Gasteiger partial charge in [-0.25, -0.2) is 4.79 Å². The number of H-pyrrole nitrogens is 1. The van der Waals surface area contributed by atoms with Crippen molar-refractivity contribution < 1.29 is 19.5 Å². The van der Waals surface area contributed by atoms with Crippen LogP contribution < -0.4 is 11.2 Å². The Morgan fingerprint density at radius 3 is 1.40 bits per heavy atom. The molecule has 0 amide bonds. The first kappa shape index (κ1) is 34.1. The zero-order valence-electron chi connectivity index (χ0n) is 25.4. The van der Waals surface area contributed by atoms with Gasteiger partial charge in [-0.1, -0.05) is 24.3 Å². The van der Waals surface area contributed by atoms with Crippen molar-refractivity contribution in [2.45, 2.75) is 13.5 Å². The number of aromatic nitrogens is 8. The number of pyridine rings is 6. The quantitative estimate of drug-likeness (QED) is 0.228. The van der Waals surface area contributed by atoms with Crippen LogP contribution >= 0.6 is 0 Å². The second-order valence-electron chi connectivity index (χ2n) is 9.87. The van der Waals surface area contributed by atoms with Crippen LogP contribution in [0.2, 0.25) is 0 Å². The summed E-state index contributed by atoms with van der Waals surface area (Å²) in [5, 5.41) is 0. The van der Waals surface area contributed by atoms with Gasteiger partial charge in [-0.05, 0) is 90.8 Å². The molecule has 0 saturated heterocycles. The van der Waals surface area contributed by atoms with Crippen LogP contribution in [0.1, 0.15) is 11.1 Å². The Kier molecular flexibility index (Phi) is 12.8. The molecule has 7 heterocycles. The fraction of sp³-hybridized carbons (Fsp3) is 0.0556. The van der Waals surface area contributed by atoms with Crippen molar-refractivity contribution in [1.82, 2.24) is 39.5 Å². The van der Waals surface area contributed by atoms with Crippen molar-refractivity contribution in [3.8, 4) is 34.2 Å². The van der Waals surface area contributed by atoms with Gasteiger partial charge < -0.3 is 0 Å². The van der Waals surface area contributed by atoms with Crippen LogP contribution in [0, 0.1) is 6.92 Å². The van der Waals surface area contributed by atoms with Crippen LogP contribution in [0.4, 0.5) is 0 Å². The van der Waals surface area contributed by atoms with Gasteiger partial charge in [-0.2, -0.15) is 0 Å². The molecule has 0 aliphatic rings. The average Bonchev–Trinajstić information content (AvgIpc) is 3.12. The summed E-state index contributed by atoms with van der Waals surface area (Å²) in [6.07, 6.45) is 12.0. The predicted octanol–water partition coefficient (Wildman–Crippen LogP) is 5.64. The van der Waals surface area contributed by atoms with Crippen molar-refractivity contribution in [2.75, 3.05) is 0 Å². The molecule has 7 aromatic heterocycles. The molecule has 234 valence electrons. The molecule has 0 aliphatic carbocycles. The maximum Gasteiger partial charge on any atom is 0.328 e. The number of nitrogens with zero attached hydrogens (tertiary/aromatic N) is 7. The van der Waals surface area contributed by atoms with Gasteiger partial charge in [0.2, 0.25) is 0 Å². The first-order valence-corrected chi connectivity index (χ1v) is 14.4. The van der Waals surface area contributed by atoms with Crippen molar-refractivity contribution >= 4 is 0 Å². The van der Waals surface area contributed by atoms with E-state index in [9.17, 15) is 9.59 Å². The molecule has 0 aliphatic heterocycles. The third-order valence-electron chi connectivity index (χ3n) is 6.44. The maximum atomic E-state index is 11.7. The van der Waals surface area contributed by atoms with Gasteiger partial charge in [0.1, 0.15) is 0 Å². The Balaban J connectivity index is 0.000000170. The molecule has 0 aromatic carbocycles. The SMILES string of the molecule is Cc1ccnc(-c2cc(Cn3ccc(=O)[nH]c3=O)ccn2)c1.[Ru].c1ccc(-c2ccccn2)nc1.c1ccc(-c2ccccn2)nc1. The molecular formula is C36H30N8O2Ru. The molecule has 0 bridgehead atoms. The van der Waals surface area contributed by atoms with E-state index in [4.69, 9.17) is 0 Å². The van der Waals surface area contributed by atoms with Crippen LogP contribution in [0.3, 0.4) is 0 Å². The number of hydrogen-bond donors (Lipinski definition) is 1. The van der Waals surface area contributed by atoms with Gasteiger partial charge in [0, 0.05) is 68.9 Å². The summed E-state index contributed by atoms with van der Waals surface area (Å²) in [5.41, 5.74) is 6.37. The first-order chi connectivity index (χ1) is 22.5. The zero-order valence-corrected chi connectivity index (χ0v) is 27.1. The molecule has 7 aromatic rings. The minimum Gasteiger partial charge on any atom is -0.296 e. The fourth-order valence-corrected chi connectivity index (χ4v) is 4.21. The maximum absolute atomic E-state index is 11.7. The summed E-state index contributed by atoms with van der Waals surface area (Å²) >= 11 is 0. The van der Waals surface area contributed by atoms with E-state index < -0.39 is 11.2 Å². The number of rotatable bonds is 5. The molecule has 0 saturated carbocycles. The van der Waals surface area contributed by atoms with E-state index in [0.29, 0.717) is 6.54 Å². The molecule has 1 N–H and O–H groups in total. The van der Waals surface area contributed by atoms with E-state index in [1.54, 1.807) is 37.2 Å². The average molecular weight is 708 g/mol. The smallest absolute Gasteiger partial charge is 0.296 e. The summed E-state index contributed by atoms with van der Waals surface area (Å²) in [5.74, 6) is 0. The summed E-state index contributed by atoms with van der Waals surface area (Å²) in [6, 6.07) is 32.1. The Hall–Kier alpha value is -5.80. The molecular weight excluding hydrogens is 678 g/mol. The number of aryl methyl sites for hydroxylation is 1. The Bertz CT molecular complexity index is 1930.